The summed E-state index contributed by atoms with van der Waals surface area (Å²) < 4.78 is 1.90. The lowest BCUT2D eigenvalue weighted by Gasteiger charge is -2.09. The van der Waals surface area contributed by atoms with Crippen LogP contribution in [0.3, 0.4) is 0 Å². The number of hydrogen-bond donors (Lipinski definition) is 1. The van der Waals surface area contributed by atoms with Crippen LogP contribution in [0.5, 0.6) is 0 Å². The lowest BCUT2D eigenvalue weighted by molar-refractivity contribution is -0.117. The van der Waals surface area contributed by atoms with Gasteiger partial charge in [-0.3, -0.25) is 4.79 Å². The van der Waals surface area contributed by atoms with E-state index in [9.17, 15) is 4.79 Å². The Morgan fingerprint density at radius 2 is 1.30 bits per heavy atom. The molecule has 0 unspecified atom stereocenters. The fourth-order valence-corrected chi connectivity index (χ4v) is 3.27. The van der Waals surface area contributed by atoms with Gasteiger partial charge in [0.1, 0.15) is 0 Å². The van der Waals surface area contributed by atoms with Crippen LogP contribution < -0.4 is 5.73 Å². The van der Waals surface area contributed by atoms with Crippen LogP contribution in [0, 0.1) is 0 Å². The average Bonchev–Trinajstić information content (AvgIpc) is 3.08. The van der Waals surface area contributed by atoms with Crippen LogP contribution in [0.15, 0.2) is 91.0 Å². The maximum atomic E-state index is 11.9. The number of carbonyl (C=O) groups excluding carboxylic acids is 1. The average molecular weight is 353 g/mol. The smallest absolute Gasteiger partial charge is 0.222 e. The van der Waals surface area contributed by atoms with Gasteiger partial charge in [0.25, 0.3) is 0 Å². The maximum Gasteiger partial charge on any atom is 0.222 e. The van der Waals surface area contributed by atoms with Crippen molar-refractivity contribution in [2.24, 2.45) is 5.73 Å². The normalized spacial score (nSPS) is 10.7. The summed E-state index contributed by atoms with van der Waals surface area (Å²) in [5.41, 5.74) is 11.0. The Labute approximate surface area is 157 Å². The Bertz CT molecular complexity index is 1060. The van der Waals surface area contributed by atoms with Crippen LogP contribution in [0.25, 0.3) is 28.2 Å². The van der Waals surface area contributed by atoms with Gasteiger partial charge in [0.05, 0.1) is 23.5 Å². The molecule has 4 aromatic rings. The van der Waals surface area contributed by atoms with Crippen molar-refractivity contribution in [3.05, 3.63) is 96.6 Å². The second-order valence-corrected chi connectivity index (χ2v) is 6.30. The van der Waals surface area contributed by atoms with Crippen LogP contribution in [0.2, 0.25) is 0 Å². The van der Waals surface area contributed by atoms with Crippen LogP contribution in [0.1, 0.15) is 5.56 Å². The van der Waals surface area contributed by atoms with Gasteiger partial charge in [0.2, 0.25) is 5.91 Å². The minimum Gasteiger partial charge on any atom is -0.369 e. The van der Waals surface area contributed by atoms with Crippen molar-refractivity contribution in [1.29, 1.82) is 0 Å². The number of amides is 1. The van der Waals surface area contributed by atoms with E-state index in [4.69, 9.17) is 10.8 Å². The predicted molar refractivity (Wildman–Crippen MR) is 107 cm³/mol. The molecule has 27 heavy (non-hydrogen) atoms. The summed E-state index contributed by atoms with van der Waals surface area (Å²) in [5, 5.41) is 4.89. The summed E-state index contributed by atoms with van der Waals surface area (Å²) >= 11 is 0. The number of aromatic nitrogens is 2. The highest BCUT2D eigenvalue weighted by Gasteiger charge is 2.22. The first kappa shape index (κ1) is 16.8. The van der Waals surface area contributed by atoms with Crippen LogP contribution in [-0.2, 0) is 11.2 Å². The van der Waals surface area contributed by atoms with Crippen LogP contribution in [0.4, 0.5) is 0 Å². The van der Waals surface area contributed by atoms with Gasteiger partial charge in [-0.1, -0.05) is 78.9 Å². The lowest BCUT2D eigenvalue weighted by atomic mass is 9.99. The molecule has 1 aromatic heterocycles. The van der Waals surface area contributed by atoms with Gasteiger partial charge >= 0.3 is 0 Å². The SMILES string of the molecule is NC(=O)Cc1c(-c2ccccc2)nn(-c2ccccc2)c1-c1ccccc1. The highest BCUT2D eigenvalue weighted by Crippen LogP contribution is 2.34. The molecule has 0 saturated heterocycles. The molecule has 1 amide bonds. The van der Waals surface area contributed by atoms with E-state index >= 15 is 0 Å². The van der Waals surface area contributed by atoms with Crippen molar-refractivity contribution in [2.45, 2.75) is 6.42 Å². The van der Waals surface area contributed by atoms with E-state index in [2.05, 4.69) is 0 Å². The minimum absolute atomic E-state index is 0.126. The Balaban J connectivity index is 2.04. The molecule has 2 N–H and O–H groups in total. The lowest BCUT2D eigenvalue weighted by Crippen LogP contribution is -2.14. The molecule has 4 nitrogen and oxygen atoms in total. The van der Waals surface area contributed by atoms with Gasteiger partial charge in [-0.25, -0.2) is 4.68 Å². The molecule has 4 rings (SSSR count). The van der Waals surface area contributed by atoms with Crippen molar-refractivity contribution in [3.63, 3.8) is 0 Å². The Hall–Kier alpha value is -3.66. The third-order valence-corrected chi connectivity index (χ3v) is 4.43. The molecule has 0 aliphatic rings. The highest BCUT2D eigenvalue weighted by molar-refractivity contribution is 5.85. The fourth-order valence-electron chi connectivity index (χ4n) is 3.27. The first-order valence-electron chi connectivity index (χ1n) is 8.80. The number of nitrogens with two attached hydrogens (primary N) is 1. The zero-order valence-corrected chi connectivity index (χ0v) is 14.7. The third-order valence-electron chi connectivity index (χ3n) is 4.43. The molecule has 4 heteroatoms. The van der Waals surface area contributed by atoms with Crippen molar-refractivity contribution >= 4 is 5.91 Å². The fraction of sp³-hybridized carbons (Fsp3) is 0.0435. The monoisotopic (exact) mass is 353 g/mol. The molecule has 0 bridgehead atoms. The molecule has 1 heterocycles. The minimum atomic E-state index is -0.378. The molecular weight excluding hydrogens is 334 g/mol. The van der Waals surface area contributed by atoms with Crippen LogP contribution in [-0.4, -0.2) is 15.7 Å². The summed E-state index contributed by atoms with van der Waals surface area (Å²) in [7, 11) is 0. The number of hydrogen-bond acceptors (Lipinski definition) is 2. The zero-order valence-electron chi connectivity index (χ0n) is 14.7. The van der Waals surface area contributed by atoms with E-state index in [-0.39, 0.29) is 12.3 Å². The number of carbonyl (C=O) groups is 1. The predicted octanol–water partition coefficient (Wildman–Crippen LogP) is 4.23. The van der Waals surface area contributed by atoms with E-state index in [0.717, 1.165) is 33.8 Å². The van der Waals surface area contributed by atoms with Crippen LogP contribution >= 0.6 is 0 Å². The summed E-state index contributed by atoms with van der Waals surface area (Å²) in [6, 6.07) is 29.8. The van der Waals surface area contributed by atoms with Gasteiger partial charge < -0.3 is 5.73 Å². The van der Waals surface area contributed by atoms with Crippen molar-refractivity contribution < 1.29 is 4.79 Å². The molecule has 0 aliphatic carbocycles. The summed E-state index contributed by atoms with van der Waals surface area (Å²) in [5.74, 6) is -0.378. The molecule has 0 saturated carbocycles. The molecule has 0 radical (unpaired) electrons. The van der Waals surface area contributed by atoms with E-state index in [0.29, 0.717) is 0 Å². The van der Waals surface area contributed by atoms with Gasteiger partial charge in [-0.2, -0.15) is 5.10 Å². The van der Waals surface area contributed by atoms with Crippen molar-refractivity contribution in [3.8, 4) is 28.2 Å². The van der Waals surface area contributed by atoms with Gasteiger partial charge in [-0.15, -0.1) is 0 Å². The summed E-state index contributed by atoms with van der Waals surface area (Å²) in [6.07, 6.45) is 0.126. The number of rotatable bonds is 5. The third kappa shape index (κ3) is 3.37. The Kier molecular flexibility index (Phi) is 4.54. The molecule has 0 fully saturated rings. The van der Waals surface area contributed by atoms with Crippen molar-refractivity contribution in [2.75, 3.05) is 0 Å². The molecular formula is C23H19N3O. The van der Waals surface area contributed by atoms with E-state index in [1.54, 1.807) is 0 Å². The zero-order chi connectivity index (χ0) is 18.6. The largest absolute Gasteiger partial charge is 0.369 e. The second-order valence-electron chi connectivity index (χ2n) is 6.30. The van der Waals surface area contributed by atoms with Gasteiger partial charge in [0, 0.05) is 16.7 Å². The quantitative estimate of drug-likeness (QED) is 0.583. The second kappa shape index (κ2) is 7.30. The topological polar surface area (TPSA) is 60.9 Å². The standard InChI is InChI=1S/C23H19N3O/c24-21(27)16-20-22(17-10-4-1-5-11-17)25-26(19-14-8-3-9-15-19)23(20)18-12-6-2-7-13-18/h1-15H,16H2,(H2,24,27). The first-order valence-corrected chi connectivity index (χ1v) is 8.80. The van der Waals surface area contributed by atoms with Crippen molar-refractivity contribution in [1.82, 2.24) is 9.78 Å². The molecule has 132 valence electrons. The van der Waals surface area contributed by atoms with Gasteiger partial charge in [0.15, 0.2) is 0 Å². The first-order chi connectivity index (χ1) is 13.2. The van der Waals surface area contributed by atoms with Gasteiger partial charge in [-0.05, 0) is 12.1 Å². The molecule has 0 atom stereocenters. The summed E-state index contributed by atoms with van der Waals surface area (Å²) in [4.78, 5) is 11.9. The molecule has 0 spiro atoms. The number of benzene rings is 3. The molecule has 3 aromatic carbocycles. The maximum absolute atomic E-state index is 11.9. The van der Waals surface area contributed by atoms with E-state index < -0.39 is 0 Å². The number of primary amides is 1. The molecule has 0 aliphatic heterocycles. The van der Waals surface area contributed by atoms with E-state index in [1.807, 2.05) is 95.7 Å². The summed E-state index contributed by atoms with van der Waals surface area (Å²) in [6.45, 7) is 0. The number of para-hydroxylation sites is 1. The number of nitrogens with zero attached hydrogens (tertiary/aromatic N) is 2. The Morgan fingerprint density at radius 1 is 0.778 bits per heavy atom. The highest BCUT2D eigenvalue weighted by atomic mass is 16.1. The van der Waals surface area contributed by atoms with E-state index in [1.165, 1.54) is 0 Å². The Morgan fingerprint density at radius 3 is 1.85 bits per heavy atom.